The van der Waals surface area contributed by atoms with Gasteiger partial charge in [-0.05, 0) is 35.9 Å². The largest absolute Gasteiger partial charge is 0.378 e. The van der Waals surface area contributed by atoms with Crippen LogP contribution in [0.4, 0.5) is 5.69 Å². The number of amides is 1. The molecule has 3 heterocycles. The molecule has 0 aliphatic rings. The van der Waals surface area contributed by atoms with Crippen molar-refractivity contribution in [1.29, 1.82) is 0 Å². The molecule has 0 fully saturated rings. The highest BCUT2D eigenvalue weighted by Gasteiger charge is 2.18. The fourth-order valence-electron chi connectivity index (χ4n) is 3.26. The fourth-order valence-corrected chi connectivity index (χ4v) is 3.26. The first-order valence-corrected chi connectivity index (χ1v) is 8.99. The summed E-state index contributed by atoms with van der Waals surface area (Å²) in [5, 5.41) is 0.670. The van der Waals surface area contributed by atoms with Crippen molar-refractivity contribution in [2.75, 3.05) is 19.0 Å². The van der Waals surface area contributed by atoms with Crippen LogP contribution in [0.15, 0.2) is 61.2 Å². The van der Waals surface area contributed by atoms with Gasteiger partial charge in [-0.3, -0.25) is 14.6 Å². The summed E-state index contributed by atoms with van der Waals surface area (Å²) in [6, 6.07) is 10.8. The van der Waals surface area contributed by atoms with Crippen molar-refractivity contribution < 1.29 is 9.59 Å². The van der Waals surface area contributed by atoms with Crippen molar-refractivity contribution >= 4 is 28.4 Å². The monoisotopic (exact) mass is 385 g/mol. The summed E-state index contributed by atoms with van der Waals surface area (Å²) in [4.78, 5) is 38.3. The van der Waals surface area contributed by atoms with Crippen molar-refractivity contribution in [3.63, 3.8) is 0 Å². The number of carbonyl (C=O) groups excluding carboxylic acids is 2. The third kappa shape index (κ3) is 3.34. The van der Waals surface area contributed by atoms with Gasteiger partial charge in [0, 0.05) is 72.2 Å². The third-order valence-electron chi connectivity index (χ3n) is 4.80. The zero-order valence-electron chi connectivity index (χ0n) is 16.0. The van der Waals surface area contributed by atoms with E-state index in [2.05, 4.69) is 15.0 Å². The molecule has 0 aliphatic carbocycles. The molecule has 3 N–H and O–H groups in total. The van der Waals surface area contributed by atoms with E-state index in [0.717, 1.165) is 5.69 Å². The lowest BCUT2D eigenvalue weighted by Crippen LogP contribution is -2.15. The van der Waals surface area contributed by atoms with E-state index in [4.69, 9.17) is 5.73 Å². The van der Waals surface area contributed by atoms with Gasteiger partial charge in [-0.2, -0.15) is 0 Å². The minimum Gasteiger partial charge on any atom is -0.378 e. The number of nitrogens with two attached hydrogens (primary N) is 1. The van der Waals surface area contributed by atoms with Crippen LogP contribution in [0, 0.1) is 0 Å². The van der Waals surface area contributed by atoms with Crippen molar-refractivity contribution in [2.45, 2.75) is 0 Å². The van der Waals surface area contributed by atoms with E-state index in [1.54, 1.807) is 36.8 Å². The second-order valence-corrected chi connectivity index (χ2v) is 6.88. The Morgan fingerprint density at radius 3 is 2.59 bits per heavy atom. The normalized spacial score (nSPS) is 10.8. The molecule has 0 radical (unpaired) electrons. The topological polar surface area (TPSA) is 105 Å². The van der Waals surface area contributed by atoms with Crippen LogP contribution in [-0.2, 0) is 0 Å². The first kappa shape index (κ1) is 18.4. The van der Waals surface area contributed by atoms with Gasteiger partial charge < -0.3 is 15.6 Å². The van der Waals surface area contributed by atoms with Gasteiger partial charge in [0.1, 0.15) is 5.65 Å². The molecule has 1 amide bonds. The summed E-state index contributed by atoms with van der Waals surface area (Å²) in [5.41, 5.74) is 9.83. The number of pyridine rings is 2. The van der Waals surface area contributed by atoms with Crippen LogP contribution in [0.2, 0.25) is 0 Å². The number of anilines is 1. The smallest absolute Gasteiger partial charge is 0.249 e. The number of carbonyl (C=O) groups is 2. The van der Waals surface area contributed by atoms with E-state index in [-0.39, 0.29) is 5.78 Å². The fraction of sp³-hybridized carbons (Fsp3) is 0.0909. The summed E-state index contributed by atoms with van der Waals surface area (Å²) in [5.74, 6) is -0.675. The van der Waals surface area contributed by atoms with E-state index in [1.165, 1.54) is 6.20 Å². The Morgan fingerprint density at radius 2 is 1.90 bits per heavy atom. The molecule has 7 nitrogen and oxygen atoms in total. The SMILES string of the molecule is CN(C)c1ccc(-c2cnc3[nH]cc(C(=O)c4cccnc4)c3c2)c(C(N)=O)c1. The van der Waals surface area contributed by atoms with E-state index < -0.39 is 5.91 Å². The number of ketones is 1. The van der Waals surface area contributed by atoms with Crippen molar-refractivity contribution in [1.82, 2.24) is 15.0 Å². The lowest BCUT2D eigenvalue weighted by molar-refractivity contribution is 0.0999. The number of hydrogen-bond donors (Lipinski definition) is 2. The van der Waals surface area contributed by atoms with Gasteiger partial charge in [0.15, 0.2) is 5.78 Å². The standard InChI is InChI=1S/C22H19N5O2/c1-27(2)15-5-6-16(17(9-15)21(23)29)14-8-18-19(12-26-22(18)25-11-14)20(28)13-4-3-7-24-10-13/h3-12H,1-2H3,(H2,23,29)(H,25,26). The second kappa shape index (κ2) is 7.20. The van der Waals surface area contributed by atoms with Crippen molar-refractivity contribution in [3.05, 3.63) is 77.9 Å². The number of nitrogens with zero attached hydrogens (tertiary/aromatic N) is 3. The molecule has 0 spiro atoms. The number of H-pyrrole nitrogens is 1. The highest BCUT2D eigenvalue weighted by atomic mass is 16.1. The molecule has 1 aromatic carbocycles. The number of benzene rings is 1. The van der Waals surface area contributed by atoms with Crippen LogP contribution in [-0.4, -0.2) is 40.7 Å². The van der Waals surface area contributed by atoms with Crippen LogP contribution in [0.5, 0.6) is 0 Å². The van der Waals surface area contributed by atoms with Gasteiger partial charge >= 0.3 is 0 Å². The molecule has 29 heavy (non-hydrogen) atoms. The number of nitrogens with one attached hydrogen (secondary N) is 1. The van der Waals surface area contributed by atoms with Crippen LogP contribution >= 0.6 is 0 Å². The highest BCUT2D eigenvalue weighted by molar-refractivity contribution is 6.16. The molecular formula is C22H19N5O2. The number of rotatable bonds is 5. The van der Waals surface area contributed by atoms with E-state index in [0.29, 0.717) is 38.9 Å². The quantitative estimate of drug-likeness (QED) is 0.514. The predicted molar refractivity (Wildman–Crippen MR) is 112 cm³/mol. The molecule has 0 saturated carbocycles. The number of primary amides is 1. The zero-order chi connectivity index (χ0) is 20.5. The number of fused-ring (bicyclic) bond motifs is 1. The third-order valence-corrected chi connectivity index (χ3v) is 4.80. The molecule has 0 unspecified atom stereocenters. The molecular weight excluding hydrogens is 366 g/mol. The first-order chi connectivity index (χ1) is 14.0. The zero-order valence-corrected chi connectivity index (χ0v) is 16.0. The van der Waals surface area contributed by atoms with Gasteiger partial charge in [0.2, 0.25) is 5.91 Å². The first-order valence-electron chi connectivity index (χ1n) is 8.99. The maximum atomic E-state index is 12.9. The minimum atomic E-state index is -0.524. The Morgan fingerprint density at radius 1 is 1.07 bits per heavy atom. The number of aromatic nitrogens is 3. The van der Waals surface area contributed by atoms with Gasteiger partial charge in [0.25, 0.3) is 0 Å². The summed E-state index contributed by atoms with van der Waals surface area (Å²) in [6.07, 6.45) is 6.45. The summed E-state index contributed by atoms with van der Waals surface area (Å²) >= 11 is 0. The van der Waals surface area contributed by atoms with Crippen molar-refractivity contribution in [3.8, 4) is 11.1 Å². The van der Waals surface area contributed by atoms with Crippen molar-refractivity contribution in [2.24, 2.45) is 5.73 Å². The highest BCUT2D eigenvalue weighted by Crippen LogP contribution is 2.30. The van der Waals surface area contributed by atoms with Gasteiger partial charge in [-0.25, -0.2) is 4.98 Å². The Kier molecular flexibility index (Phi) is 4.56. The molecule has 4 aromatic rings. The van der Waals surface area contributed by atoms with E-state index in [1.807, 2.05) is 37.2 Å². The Hall–Kier alpha value is -4.00. The molecule has 4 rings (SSSR count). The van der Waals surface area contributed by atoms with Crippen LogP contribution < -0.4 is 10.6 Å². The van der Waals surface area contributed by atoms with Crippen LogP contribution in [0.3, 0.4) is 0 Å². The Labute approximate surface area is 167 Å². The van der Waals surface area contributed by atoms with Gasteiger partial charge in [-0.15, -0.1) is 0 Å². The lowest BCUT2D eigenvalue weighted by atomic mass is 9.97. The molecule has 0 aliphatic heterocycles. The molecule has 7 heteroatoms. The van der Waals surface area contributed by atoms with Gasteiger partial charge in [0.05, 0.1) is 0 Å². The maximum Gasteiger partial charge on any atom is 0.249 e. The Bertz CT molecular complexity index is 1230. The Balaban J connectivity index is 1.85. The summed E-state index contributed by atoms with van der Waals surface area (Å²) in [7, 11) is 3.78. The summed E-state index contributed by atoms with van der Waals surface area (Å²) < 4.78 is 0. The molecule has 0 saturated heterocycles. The predicted octanol–water partition coefficient (Wildman–Crippen LogP) is 3.02. The molecule has 144 valence electrons. The van der Waals surface area contributed by atoms with Crippen LogP contribution in [0.25, 0.3) is 22.2 Å². The minimum absolute atomic E-state index is 0.151. The number of aromatic amines is 1. The molecule has 0 atom stereocenters. The van der Waals surface area contributed by atoms with E-state index in [9.17, 15) is 9.59 Å². The maximum absolute atomic E-state index is 12.9. The van der Waals surface area contributed by atoms with Crippen LogP contribution in [0.1, 0.15) is 26.3 Å². The lowest BCUT2D eigenvalue weighted by Gasteiger charge is -2.15. The average molecular weight is 385 g/mol. The van der Waals surface area contributed by atoms with E-state index >= 15 is 0 Å². The van der Waals surface area contributed by atoms with Gasteiger partial charge in [-0.1, -0.05) is 6.07 Å². The summed E-state index contributed by atoms with van der Waals surface area (Å²) in [6.45, 7) is 0. The molecule has 3 aromatic heterocycles. The second-order valence-electron chi connectivity index (χ2n) is 6.88. The average Bonchev–Trinajstić information content (AvgIpc) is 3.16. The molecule has 0 bridgehead atoms. The number of hydrogen-bond acceptors (Lipinski definition) is 5.